The van der Waals surface area contributed by atoms with Gasteiger partial charge in [0, 0.05) is 26.7 Å². The summed E-state index contributed by atoms with van der Waals surface area (Å²) >= 11 is 0. The summed E-state index contributed by atoms with van der Waals surface area (Å²) in [5.74, 6) is -0.00248. The van der Waals surface area contributed by atoms with Crippen LogP contribution < -0.4 is 5.73 Å². The number of methoxy groups -OCH3 is 1. The van der Waals surface area contributed by atoms with E-state index in [1.165, 1.54) is 7.11 Å². The van der Waals surface area contributed by atoms with E-state index in [9.17, 15) is 4.79 Å². The highest BCUT2D eigenvalue weighted by atomic mass is 16.5. The summed E-state index contributed by atoms with van der Waals surface area (Å²) in [5.41, 5.74) is 5.26. The minimum absolute atomic E-state index is 0.00248. The van der Waals surface area contributed by atoms with Crippen molar-refractivity contribution in [3.05, 3.63) is 0 Å². The summed E-state index contributed by atoms with van der Waals surface area (Å²) in [6.07, 6.45) is -0.496. The van der Waals surface area contributed by atoms with Crippen LogP contribution in [0.4, 0.5) is 0 Å². The maximum Gasteiger partial charge on any atom is 0.251 e. The lowest BCUT2D eigenvalue weighted by molar-refractivity contribution is -0.166. The lowest BCUT2D eigenvalue weighted by Crippen LogP contribution is -2.58. The first-order valence-electron chi connectivity index (χ1n) is 5.59. The first kappa shape index (κ1) is 13.4. The quantitative estimate of drug-likeness (QED) is 0.740. The predicted octanol–water partition coefficient (Wildman–Crippen LogP) is -0.0140. The van der Waals surface area contributed by atoms with Crippen molar-refractivity contribution < 1.29 is 14.3 Å². The standard InChI is InChI=1S/C11H22N2O3/c1-8(15-4)10(14)13-6-9(5-12)16-11(2,3)7-13/h8-9H,5-7,12H2,1-4H3. The van der Waals surface area contributed by atoms with Crippen molar-refractivity contribution in [2.24, 2.45) is 5.73 Å². The average molecular weight is 230 g/mol. The molecule has 2 unspecified atom stereocenters. The van der Waals surface area contributed by atoms with Crippen LogP contribution in [-0.2, 0) is 14.3 Å². The van der Waals surface area contributed by atoms with E-state index >= 15 is 0 Å². The highest BCUT2D eigenvalue weighted by molar-refractivity contribution is 5.80. The minimum atomic E-state index is -0.410. The molecule has 1 fully saturated rings. The van der Waals surface area contributed by atoms with Crippen molar-refractivity contribution >= 4 is 5.91 Å². The van der Waals surface area contributed by atoms with Gasteiger partial charge < -0.3 is 20.1 Å². The molecule has 1 heterocycles. The number of rotatable bonds is 3. The first-order valence-corrected chi connectivity index (χ1v) is 5.59. The fourth-order valence-corrected chi connectivity index (χ4v) is 1.94. The van der Waals surface area contributed by atoms with Crippen LogP contribution in [0.1, 0.15) is 20.8 Å². The lowest BCUT2D eigenvalue weighted by atomic mass is 10.0. The average Bonchev–Trinajstić information content (AvgIpc) is 2.24. The van der Waals surface area contributed by atoms with Gasteiger partial charge >= 0.3 is 0 Å². The summed E-state index contributed by atoms with van der Waals surface area (Å²) in [4.78, 5) is 13.8. The Morgan fingerprint density at radius 3 is 2.81 bits per heavy atom. The third kappa shape index (κ3) is 3.17. The highest BCUT2D eigenvalue weighted by Gasteiger charge is 2.36. The Labute approximate surface area is 96.9 Å². The third-order valence-electron chi connectivity index (χ3n) is 2.76. The Kier molecular flexibility index (Phi) is 4.29. The second-order valence-electron chi connectivity index (χ2n) is 4.83. The topological polar surface area (TPSA) is 64.8 Å². The summed E-state index contributed by atoms with van der Waals surface area (Å²) in [5, 5.41) is 0. The molecule has 0 aromatic carbocycles. The number of ether oxygens (including phenoxy) is 2. The molecule has 16 heavy (non-hydrogen) atoms. The van der Waals surface area contributed by atoms with Gasteiger partial charge in [-0.1, -0.05) is 0 Å². The Morgan fingerprint density at radius 2 is 2.31 bits per heavy atom. The second-order valence-corrected chi connectivity index (χ2v) is 4.83. The van der Waals surface area contributed by atoms with Crippen LogP contribution in [0, 0.1) is 0 Å². The van der Waals surface area contributed by atoms with E-state index in [4.69, 9.17) is 15.2 Å². The molecule has 0 spiro atoms. The van der Waals surface area contributed by atoms with Gasteiger partial charge in [0.05, 0.1) is 11.7 Å². The predicted molar refractivity (Wildman–Crippen MR) is 61.1 cm³/mol. The molecule has 0 aromatic rings. The highest BCUT2D eigenvalue weighted by Crippen LogP contribution is 2.21. The Balaban J connectivity index is 2.69. The van der Waals surface area contributed by atoms with E-state index < -0.39 is 6.10 Å². The van der Waals surface area contributed by atoms with Gasteiger partial charge in [0.2, 0.25) is 0 Å². The molecule has 5 nitrogen and oxygen atoms in total. The van der Waals surface area contributed by atoms with Crippen molar-refractivity contribution in [2.75, 3.05) is 26.7 Å². The number of hydrogen-bond donors (Lipinski definition) is 1. The molecule has 1 rings (SSSR count). The number of carbonyl (C=O) groups excluding carboxylic acids is 1. The van der Waals surface area contributed by atoms with Gasteiger partial charge in [-0.05, 0) is 20.8 Å². The number of nitrogens with two attached hydrogens (primary N) is 1. The van der Waals surface area contributed by atoms with Gasteiger partial charge in [0.15, 0.2) is 0 Å². The van der Waals surface area contributed by atoms with Crippen LogP contribution in [0.3, 0.4) is 0 Å². The maximum atomic E-state index is 12.0. The molecular formula is C11H22N2O3. The molecule has 1 aliphatic rings. The van der Waals surface area contributed by atoms with E-state index in [2.05, 4.69) is 0 Å². The summed E-state index contributed by atoms with van der Waals surface area (Å²) in [6, 6.07) is 0. The zero-order valence-corrected chi connectivity index (χ0v) is 10.5. The normalized spacial score (nSPS) is 26.6. The maximum absolute atomic E-state index is 12.0. The smallest absolute Gasteiger partial charge is 0.251 e. The first-order chi connectivity index (χ1) is 7.39. The van der Waals surface area contributed by atoms with Gasteiger partial charge in [-0.25, -0.2) is 0 Å². The number of morpholine rings is 1. The van der Waals surface area contributed by atoms with E-state index in [0.29, 0.717) is 19.6 Å². The molecule has 2 atom stereocenters. The minimum Gasteiger partial charge on any atom is -0.372 e. The van der Waals surface area contributed by atoms with Crippen molar-refractivity contribution in [1.82, 2.24) is 4.90 Å². The molecule has 1 amide bonds. The monoisotopic (exact) mass is 230 g/mol. The number of nitrogens with zero attached hydrogens (tertiary/aromatic N) is 1. The molecule has 94 valence electrons. The molecule has 0 saturated carbocycles. The van der Waals surface area contributed by atoms with Crippen LogP contribution in [0.2, 0.25) is 0 Å². The van der Waals surface area contributed by atoms with Crippen molar-refractivity contribution in [3.63, 3.8) is 0 Å². The largest absolute Gasteiger partial charge is 0.372 e. The van der Waals surface area contributed by atoms with Gasteiger partial charge in [-0.3, -0.25) is 4.79 Å². The van der Waals surface area contributed by atoms with Crippen molar-refractivity contribution in [1.29, 1.82) is 0 Å². The zero-order chi connectivity index (χ0) is 12.3. The Hall–Kier alpha value is -0.650. The molecule has 5 heteroatoms. The van der Waals surface area contributed by atoms with E-state index in [0.717, 1.165) is 0 Å². The lowest BCUT2D eigenvalue weighted by Gasteiger charge is -2.43. The van der Waals surface area contributed by atoms with E-state index in [1.807, 2.05) is 13.8 Å². The van der Waals surface area contributed by atoms with Gasteiger partial charge in [-0.15, -0.1) is 0 Å². The van der Waals surface area contributed by atoms with Gasteiger partial charge in [-0.2, -0.15) is 0 Å². The summed E-state index contributed by atoms with van der Waals surface area (Å²) in [6.45, 7) is 7.23. The van der Waals surface area contributed by atoms with Gasteiger partial charge in [0.1, 0.15) is 6.10 Å². The Morgan fingerprint density at radius 1 is 1.69 bits per heavy atom. The second kappa shape index (κ2) is 5.12. The van der Waals surface area contributed by atoms with Crippen LogP contribution in [-0.4, -0.2) is 55.4 Å². The molecule has 0 aromatic heterocycles. The molecule has 0 bridgehead atoms. The van der Waals surface area contributed by atoms with Crippen molar-refractivity contribution in [2.45, 2.75) is 38.6 Å². The number of carbonyl (C=O) groups is 1. The van der Waals surface area contributed by atoms with Crippen LogP contribution in [0.5, 0.6) is 0 Å². The Bertz CT molecular complexity index is 256. The molecule has 1 aliphatic heterocycles. The number of amides is 1. The van der Waals surface area contributed by atoms with Crippen LogP contribution in [0.15, 0.2) is 0 Å². The molecule has 0 aliphatic carbocycles. The molecule has 0 radical (unpaired) electrons. The van der Waals surface area contributed by atoms with E-state index in [-0.39, 0.29) is 17.6 Å². The molecular weight excluding hydrogens is 208 g/mol. The van der Waals surface area contributed by atoms with Crippen LogP contribution >= 0.6 is 0 Å². The molecule has 1 saturated heterocycles. The summed E-state index contributed by atoms with van der Waals surface area (Å²) < 4.78 is 10.8. The zero-order valence-electron chi connectivity index (χ0n) is 10.5. The summed E-state index contributed by atoms with van der Waals surface area (Å²) in [7, 11) is 1.54. The number of hydrogen-bond acceptors (Lipinski definition) is 4. The van der Waals surface area contributed by atoms with Crippen molar-refractivity contribution in [3.8, 4) is 0 Å². The third-order valence-corrected chi connectivity index (χ3v) is 2.76. The van der Waals surface area contributed by atoms with Crippen LogP contribution in [0.25, 0.3) is 0 Å². The van der Waals surface area contributed by atoms with E-state index in [1.54, 1.807) is 11.8 Å². The fourth-order valence-electron chi connectivity index (χ4n) is 1.94. The van der Waals surface area contributed by atoms with Gasteiger partial charge in [0.25, 0.3) is 5.91 Å². The fraction of sp³-hybridized carbons (Fsp3) is 0.909. The molecule has 2 N–H and O–H groups in total. The SMILES string of the molecule is COC(C)C(=O)N1CC(CN)OC(C)(C)C1.